The largest absolute Gasteiger partial charge is 0.322 e. The van der Waals surface area contributed by atoms with Gasteiger partial charge in [-0.25, -0.2) is 14.4 Å². The number of carbonyl (C=O) groups is 2. The number of benzene rings is 1. The molecule has 2 aliphatic rings. The number of rotatable bonds is 5. The quantitative estimate of drug-likeness (QED) is 0.450. The summed E-state index contributed by atoms with van der Waals surface area (Å²) < 4.78 is 17.2. The van der Waals surface area contributed by atoms with Gasteiger partial charge in [0.15, 0.2) is 5.82 Å². The highest BCUT2D eigenvalue weighted by Crippen LogP contribution is 2.39. The second-order valence-electron chi connectivity index (χ2n) is 10.7. The maximum Gasteiger partial charge on any atom is 0.228 e. The summed E-state index contributed by atoms with van der Waals surface area (Å²) in [6.45, 7) is 5.87. The maximum absolute atomic E-state index is 15.1. The zero-order chi connectivity index (χ0) is 24.9. The van der Waals surface area contributed by atoms with Crippen molar-refractivity contribution in [2.24, 2.45) is 11.8 Å². The third kappa shape index (κ3) is 4.58. The number of ketones is 1. The molecule has 184 valence electrons. The van der Waals surface area contributed by atoms with E-state index in [1.165, 1.54) is 12.3 Å². The van der Waals surface area contributed by atoms with E-state index in [0.717, 1.165) is 43.4 Å². The molecular weight excluding hydrogens is 467 g/mol. The summed E-state index contributed by atoms with van der Waals surface area (Å²) >= 11 is 6.48. The second-order valence-corrected chi connectivity index (χ2v) is 11.1. The number of hydrogen-bond donors (Lipinski definition) is 1. The van der Waals surface area contributed by atoms with Crippen LogP contribution in [-0.4, -0.2) is 26.2 Å². The van der Waals surface area contributed by atoms with E-state index in [9.17, 15) is 9.59 Å². The van der Waals surface area contributed by atoms with Crippen molar-refractivity contribution >= 4 is 40.1 Å². The molecule has 1 N–H and O–H groups in total. The van der Waals surface area contributed by atoms with E-state index in [0.29, 0.717) is 40.3 Å². The van der Waals surface area contributed by atoms with Gasteiger partial charge in [-0.15, -0.1) is 0 Å². The fourth-order valence-corrected chi connectivity index (χ4v) is 6.00. The first-order valence-electron chi connectivity index (χ1n) is 12.3. The molecule has 0 saturated heterocycles. The first-order chi connectivity index (χ1) is 16.6. The van der Waals surface area contributed by atoms with Crippen LogP contribution in [0.25, 0.3) is 22.2 Å². The van der Waals surface area contributed by atoms with Crippen LogP contribution >= 0.6 is 11.6 Å². The number of amides is 1. The summed E-state index contributed by atoms with van der Waals surface area (Å²) in [5.74, 6) is 1.04. The van der Waals surface area contributed by atoms with Crippen molar-refractivity contribution in [3.8, 4) is 11.1 Å². The molecule has 5 rings (SSSR count). The van der Waals surface area contributed by atoms with Crippen LogP contribution in [0.4, 0.5) is 10.2 Å². The highest BCUT2D eigenvalue weighted by Gasteiger charge is 2.33. The molecule has 6 nitrogen and oxygen atoms in total. The molecule has 0 unspecified atom stereocenters. The minimum absolute atomic E-state index is 0.101. The van der Waals surface area contributed by atoms with E-state index < -0.39 is 5.82 Å². The minimum atomic E-state index is -0.396. The average Bonchev–Trinajstić information content (AvgIpc) is 3.32. The van der Waals surface area contributed by atoms with Crippen LogP contribution in [0.2, 0.25) is 5.02 Å². The smallest absolute Gasteiger partial charge is 0.228 e. The minimum Gasteiger partial charge on any atom is -0.322 e. The van der Waals surface area contributed by atoms with Gasteiger partial charge in [-0.2, -0.15) is 0 Å². The number of Topliss-reactive ketones (excluding diaryl/α,β-unsaturated/α-hetero) is 1. The Morgan fingerprint density at radius 2 is 2.06 bits per heavy atom. The monoisotopic (exact) mass is 496 g/mol. The summed E-state index contributed by atoms with van der Waals surface area (Å²) in [4.78, 5) is 33.3. The fourth-order valence-electron chi connectivity index (χ4n) is 5.79. The number of nitrogens with one attached hydrogen (secondary N) is 1. The highest BCUT2D eigenvalue weighted by atomic mass is 35.5. The summed E-state index contributed by atoms with van der Waals surface area (Å²) in [6.07, 6.45) is 7.20. The Balaban J connectivity index is 1.43. The van der Waals surface area contributed by atoms with Crippen LogP contribution in [0, 0.1) is 17.7 Å². The number of pyridine rings is 1. The van der Waals surface area contributed by atoms with Crippen molar-refractivity contribution in [3.63, 3.8) is 0 Å². The lowest BCUT2D eigenvalue weighted by atomic mass is 9.79. The molecule has 8 heteroatoms. The molecule has 1 aliphatic carbocycles. The molecule has 1 aromatic carbocycles. The Bertz CT molecular complexity index is 1330. The summed E-state index contributed by atoms with van der Waals surface area (Å²) in [5.41, 5.74) is 2.18. The second kappa shape index (κ2) is 9.01. The van der Waals surface area contributed by atoms with Crippen molar-refractivity contribution in [3.05, 3.63) is 41.1 Å². The fraction of sp³-hybridized carbons (Fsp3) is 0.481. The van der Waals surface area contributed by atoms with E-state index in [-0.39, 0.29) is 29.1 Å². The van der Waals surface area contributed by atoms with Crippen LogP contribution in [0.15, 0.2) is 24.4 Å². The van der Waals surface area contributed by atoms with Crippen LogP contribution in [0.3, 0.4) is 0 Å². The highest BCUT2D eigenvalue weighted by molar-refractivity contribution is 6.33. The van der Waals surface area contributed by atoms with Crippen LogP contribution in [0.5, 0.6) is 0 Å². The molecule has 2 atom stereocenters. The lowest BCUT2D eigenvalue weighted by Crippen LogP contribution is -2.29. The third-order valence-electron chi connectivity index (χ3n) is 7.50. The van der Waals surface area contributed by atoms with Crippen LogP contribution < -0.4 is 5.32 Å². The molecule has 1 saturated carbocycles. The summed E-state index contributed by atoms with van der Waals surface area (Å²) in [6, 6.07) is 5.06. The standard InChI is InChI=1S/C27H30ClFN4O2/c1-15(34)9-16-5-4-6-17(10-16)26(35)31-23-13-19(20(28)14-30-23)18-11-21(29)25-22(12-18)33-24(32-25)7-8-27(33,2)3/h11-14,16-17H,4-10H2,1-3H3,(H,30,31,35)/t16-,17-/m0/s1. The van der Waals surface area contributed by atoms with Gasteiger partial charge in [0, 0.05) is 36.1 Å². The Morgan fingerprint density at radius 1 is 1.26 bits per heavy atom. The Morgan fingerprint density at radius 3 is 2.83 bits per heavy atom. The van der Waals surface area contributed by atoms with Crippen LogP contribution in [-0.2, 0) is 21.5 Å². The van der Waals surface area contributed by atoms with Gasteiger partial charge in [0.05, 0.1) is 10.5 Å². The Labute approximate surface area is 209 Å². The molecule has 0 radical (unpaired) electrons. The number of halogens is 2. The Hall–Kier alpha value is -2.80. The molecule has 3 heterocycles. The van der Waals surface area contributed by atoms with Gasteiger partial charge < -0.3 is 14.7 Å². The molecule has 3 aromatic rings. The number of imidazole rings is 1. The van der Waals surface area contributed by atoms with E-state index in [1.54, 1.807) is 13.0 Å². The molecule has 1 amide bonds. The first kappa shape index (κ1) is 23.9. The van der Waals surface area contributed by atoms with Gasteiger partial charge in [0.1, 0.15) is 22.9 Å². The zero-order valence-electron chi connectivity index (χ0n) is 20.3. The molecule has 35 heavy (non-hydrogen) atoms. The maximum atomic E-state index is 15.1. The van der Waals surface area contributed by atoms with E-state index >= 15 is 4.39 Å². The molecule has 2 aromatic heterocycles. The number of aromatic nitrogens is 3. The number of anilines is 1. The van der Waals surface area contributed by atoms with Gasteiger partial charge >= 0.3 is 0 Å². The van der Waals surface area contributed by atoms with Crippen molar-refractivity contribution in [1.29, 1.82) is 0 Å². The van der Waals surface area contributed by atoms with E-state index in [4.69, 9.17) is 11.6 Å². The first-order valence-corrected chi connectivity index (χ1v) is 12.7. The third-order valence-corrected chi connectivity index (χ3v) is 7.80. The van der Waals surface area contributed by atoms with Crippen molar-refractivity contribution in [2.45, 2.75) is 71.3 Å². The molecule has 0 bridgehead atoms. The van der Waals surface area contributed by atoms with Gasteiger partial charge in [0.25, 0.3) is 0 Å². The predicted molar refractivity (Wildman–Crippen MR) is 135 cm³/mol. The van der Waals surface area contributed by atoms with Crippen molar-refractivity contribution < 1.29 is 14.0 Å². The number of aryl methyl sites for hydroxylation is 1. The summed E-state index contributed by atoms with van der Waals surface area (Å²) in [5, 5.41) is 3.30. The van der Waals surface area contributed by atoms with E-state index in [1.807, 2.05) is 6.07 Å². The number of carbonyl (C=O) groups excluding carboxylic acids is 2. The molecular formula is C27H30ClFN4O2. The SMILES string of the molecule is CC(=O)C[C@@H]1CCC[C@H](C(=O)Nc2cc(-c3cc(F)c4nc5n(c4c3)C(C)(C)CC5)c(Cl)cn2)C1. The number of nitrogens with zero attached hydrogens (tertiary/aromatic N) is 3. The van der Waals surface area contributed by atoms with Crippen molar-refractivity contribution in [2.75, 3.05) is 5.32 Å². The van der Waals surface area contributed by atoms with Crippen LogP contribution in [0.1, 0.15) is 65.1 Å². The lowest BCUT2D eigenvalue weighted by molar-refractivity contribution is -0.123. The molecule has 1 fully saturated rings. The average molecular weight is 497 g/mol. The predicted octanol–water partition coefficient (Wildman–Crippen LogP) is 6.30. The summed E-state index contributed by atoms with van der Waals surface area (Å²) in [7, 11) is 0. The topological polar surface area (TPSA) is 76.9 Å². The van der Waals surface area contributed by atoms with E-state index in [2.05, 4.69) is 33.7 Å². The zero-order valence-corrected chi connectivity index (χ0v) is 21.1. The van der Waals surface area contributed by atoms with Gasteiger partial charge in [-0.3, -0.25) is 4.79 Å². The van der Waals surface area contributed by atoms with Gasteiger partial charge in [-0.05, 0) is 76.1 Å². The van der Waals surface area contributed by atoms with Gasteiger partial charge in [-0.1, -0.05) is 18.0 Å². The van der Waals surface area contributed by atoms with Crippen molar-refractivity contribution in [1.82, 2.24) is 14.5 Å². The Kier molecular flexibility index (Phi) is 6.16. The molecule has 1 aliphatic heterocycles. The number of fused-ring (bicyclic) bond motifs is 3. The number of hydrogen-bond acceptors (Lipinski definition) is 4. The lowest BCUT2D eigenvalue weighted by Gasteiger charge is -2.27. The normalized spacial score (nSPS) is 21.2. The van der Waals surface area contributed by atoms with Gasteiger partial charge in [0.2, 0.25) is 5.91 Å². The molecule has 0 spiro atoms.